The van der Waals surface area contributed by atoms with E-state index in [1.807, 2.05) is 0 Å². The van der Waals surface area contributed by atoms with Crippen molar-refractivity contribution in [2.75, 3.05) is 0 Å². The van der Waals surface area contributed by atoms with Gasteiger partial charge in [0.25, 0.3) is 5.56 Å². The molecule has 1 saturated carbocycles. The van der Waals surface area contributed by atoms with Gasteiger partial charge in [0.2, 0.25) is 0 Å². The minimum absolute atomic E-state index is 0.179. The van der Waals surface area contributed by atoms with Crippen LogP contribution in [0.1, 0.15) is 36.4 Å². The van der Waals surface area contributed by atoms with Gasteiger partial charge in [-0.3, -0.25) is 19.4 Å². The molecule has 0 spiro atoms. The lowest BCUT2D eigenvalue weighted by Crippen LogP contribution is -2.19. The van der Waals surface area contributed by atoms with Crippen LogP contribution >= 0.6 is 0 Å². The van der Waals surface area contributed by atoms with E-state index in [2.05, 4.69) is 5.10 Å². The molecule has 0 radical (unpaired) electrons. The predicted octanol–water partition coefficient (Wildman–Crippen LogP) is 0.608. The number of hydrogen-bond acceptors (Lipinski definition) is 2. The Kier molecular flexibility index (Phi) is 2.38. The number of carboxylic acid groups (broad SMARTS) is 1. The lowest BCUT2D eigenvalue weighted by Gasteiger charge is -2.24. The summed E-state index contributed by atoms with van der Waals surface area (Å²) in [7, 11) is 1.62. The van der Waals surface area contributed by atoms with E-state index in [9.17, 15) is 9.59 Å². The third-order valence-corrected chi connectivity index (χ3v) is 3.02. The van der Waals surface area contributed by atoms with Gasteiger partial charge in [0.15, 0.2) is 0 Å². The van der Waals surface area contributed by atoms with Gasteiger partial charge in [-0.1, -0.05) is 6.42 Å². The highest BCUT2D eigenvalue weighted by Crippen LogP contribution is 2.36. The molecule has 0 atom stereocenters. The Balaban J connectivity index is 2.39. The maximum absolute atomic E-state index is 11.6. The first-order valence-electron chi connectivity index (χ1n) is 5.09. The van der Waals surface area contributed by atoms with Crippen LogP contribution in [0.5, 0.6) is 0 Å². The number of carboxylic acids is 1. The van der Waals surface area contributed by atoms with E-state index in [1.165, 1.54) is 4.68 Å². The van der Waals surface area contributed by atoms with Gasteiger partial charge in [-0.15, -0.1) is 0 Å². The number of carbonyl (C=O) groups is 1. The summed E-state index contributed by atoms with van der Waals surface area (Å²) in [5, 5.41) is 11.7. The molecule has 2 rings (SSSR count). The number of nitrogens with one attached hydrogen (secondary N) is 1. The molecule has 1 aliphatic rings. The summed E-state index contributed by atoms with van der Waals surface area (Å²) in [6.07, 6.45) is 3.08. The fourth-order valence-corrected chi connectivity index (χ4v) is 1.97. The maximum atomic E-state index is 11.6. The second kappa shape index (κ2) is 3.56. The first-order chi connectivity index (χ1) is 7.09. The molecule has 0 amide bonds. The summed E-state index contributed by atoms with van der Waals surface area (Å²) in [5.41, 5.74) is 1.05. The van der Waals surface area contributed by atoms with Crippen LogP contribution < -0.4 is 5.56 Å². The van der Waals surface area contributed by atoms with E-state index in [1.54, 1.807) is 7.05 Å². The zero-order valence-corrected chi connectivity index (χ0v) is 8.62. The van der Waals surface area contributed by atoms with Crippen molar-refractivity contribution < 1.29 is 9.90 Å². The molecule has 1 aromatic rings. The average molecular weight is 210 g/mol. The predicted molar refractivity (Wildman–Crippen MR) is 54.0 cm³/mol. The molecule has 0 aliphatic heterocycles. The van der Waals surface area contributed by atoms with Gasteiger partial charge in [-0.2, -0.15) is 0 Å². The van der Waals surface area contributed by atoms with Crippen molar-refractivity contribution in [1.82, 2.24) is 9.78 Å². The van der Waals surface area contributed by atoms with Crippen molar-refractivity contribution in [2.24, 2.45) is 7.05 Å². The topological polar surface area (TPSA) is 75.1 Å². The molecule has 1 aromatic heterocycles. The number of aliphatic carboxylic acids is 1. The number of hydrogen-bond donors (Lipinski definition) is 2. The Hall–Kier alpha value is -1.52. The Labute approximate surface area is 86.7 Å². The van der Waals surface area contributed by atoms with Gasteiger partial charge >= 0.3 is 5.97 Å². The van der Waals surface area contributed by atoms with E-state index < -0.39 is 5.97 Å². The number of aryl methyl sites for hydroxylation is 1. The van der Waals surface area contributed by atoms with E-state index in [-0.39, 0.29) is 12.0 Å². The zero-order valence-electron chi connectivity index (χ0n) is 8.62. The number of aromatic nitrogens is 2. The number of rotatable bonds is 3. The smallest absolute Gasteiger partial charge is 0.308 e. The van der Waals surface area contributed by atoms with E-state index in [4.69, 9.17) is 5.11 Å². The summed E-state index contributed by atoms with van der Waals surface area (Å²) < 4.78 is 1.37. The molecule has 1 fully saturated rings. The summed E-state index contributed by atoms with van der Waals surface area (Å²) >= 11 is 0. The van der Waals surface area contributed by atoms with Crippen LogP contribution in [0.3, 0.4) is 0 Å². The molecular formula is C10H14N2O3. The number of nitrogens with zero attached hydrogens (tertiary/aromatic N) is 1. The van der Waals surface area contributed by atoms with E-state index in [0.29, 0.717) is 11.5 Å². The molecule has 82 valence electrons. The molecule has 15 heavy (non-hydrogen) atoms. The van der Waals surface area contributed by atoms with Gasteiger partial charge in [-0.05, 0) is 12.8 Å². The minimum atomic E-state index is -0.952. The highest BCUT2D eigenvalue weighted by atomic mass is 16.4. The van der Waals surface area contributed by atoms with Gasteiger partial charge in [0.1, 0.15) is 0 Å². The first kappa shape index (κ1) is 10.0. The van der Waals surface area contributed by atoms with Crippen molar-refractivity contribution >= 4 is 5.97 Å². The lowest BCUT2D eigenvalue weighted by atomic mass is 9.81. The van der Waals surface area contributed by atoms with Gasteiger partial charge in [-0.25, -0.2) is 0 Å². The largest absolute Gasteiger partial charge is 0.481 e. The Bertz CT molecular complexity index is 440. The Morgan fingerprint density at radius 2 is 2.27 bits per heavy atom. The van der Waals surface area contributed by atoms with Crippen molar-refractivity contribution in [3.05, 3.63) is 21.6 Å². The van der Waals surface area contributed by atoms with Gasteiger partial charge in [0, 0.05) is 18.7 Å². The summed E-state index contributed by atoms with van der Waals surface area (Å²) in [6.45, 7) is 0. The third-order valence-electron chi connectivity index (χ3n) is 3.02. The number of H-pyrrole nitrogens is 1. The van der Waals surface area contributed by atoms with Crippen molar-refractivity contribution in [1.29, 1.82) is 0 Å². The molecule has 5 nitrogen and oxygen atoms in total. The highest BCUT2D eigenvalue weighted by Gasteiger charge is 2.26. The minimum Gasteiger partial charge on any atom is -0.481 e. The van der Waals surface area contributed by atoms with Crippen LogP contribution in [0.2, 0.25) is 0 Å². The standard InChI is InChI=1S/C10H14N2O3/c1-12-10(15)7(5-8(13)14)9(11-12)6-3-2-4-6/h6,11H,2-5H2,1H3,(H,13,14). The molecule has 0 aromatic carbocycles. The maximum Gasteiger partial charge on any atom is 0.308 e. The van der Waals surface area contributed by atoms with Crippen LogP contribution in [0.4, 0.5) is 0 Å². The van der Waals surface area contributed by atoms with Crippen LogP contribution in [0.15, 0.2) is 4.79 Å². The quantitative estimate of drug-likeness (QED) is 0.767. The Morgan fingerprint density at radius 1 is 1.60 bits per heavy atom. The van der Waals surface area contributed by atoms with Crippen molar-refractivity contribution in [2.45, 2.75) is 31.6 Å². The van der Waals surface area contributed by atoms with Crippen molar-refractivity contribution in [3.63, 3.8) is 0 Å². The molecule has 0 unspecified atom stereocenters. The summed E-state index contributed by atoms with van der Waals surface area (Å²) in [4.78, 5) is 22.3. The fraction of sp³-hybridized carbons (Fsp3) is 0.600. The van der Waals surface area contributed by atoms with E-state index in [0.717, 1.165) is 25.0 Å². The van der Waals surface area contributed by atoms with Crippen LogP contribution in [-0.4, -0.2) is 20.9 Å². The van der Waals surface area contributed by atoms with E-state index >= 15 is 0 Å². The molecule has 0 bridgehead atoms. The monoisotopic (exact) mass is 210 g/mol. The average Bonchev–Trinajstić information content (AvgIpc) is 2.30. The van der Waals surface area contributed by atoms with Crippen molar-refractivity contribution in [3.8, 4) is 0 Å². The molecule has 5 heteroatoms. The number of aromatic amines is 1. The SMILES string of the molecule is Cn1[nH]c(C2CCC2)c(CC(=O)O)c1=O. The molecule has 1 aliphatic carbocycles. The third kappa shape index (κ3) is 1.69. The van der Waals surface area contributed by atoms with Crippen LogP contribution in [0.25, 0.3) is 0 Å². The first-order valence-corrected chi connectivity index (χ1v) is 5.09. The normalized spacial score (nSPS) is 16.3. The Morgan fingerprint density at radius 3 is 2.73 bits per heavy atom. The molecule has 1 heterocycles. The second-order valence-corrected chi connectivity index (χ2v) is 4.07. The molecule has 0 saturated heterocycles. The molecule has 2 N–H and O–H groups in total. The van der Waals surface area contributed by atoms with Gasteiger partial charge in [0.05, 0.1) is 12.0 Å². The van der Waals surface area contributed by atoms with Crippen LogP contribution in [0, 0.1) is 0 Å². The zero-order chi connectivity index (χ0) is 11.0. The molecular weight excluding hydrogens is 196 g/mol. The summed E-state index contributed by atoms with van der Waals surface area (Å²) in [6, 6.07) is 0. The fourth-order valence-electron chi connectivity index (χ4n) is 1.97. The lowest BCUT2D eigenvalue weighted by molar-refractivity contribution is -0.136. The second-order valence-electron chi connectivity index (χ2n) is 4.07. The van der Waals surface area contributed by atoms with Gasteiger partial charge < -0.3 is 5.11 Å². The van der Waals surface area contributed by atoms with Crippen LogP contribution in [-0.2, 0) is 18.3 Å². The summed E-state index contributed by atoms with van der Waals surface area (Å²) in [5.74, 6) is -0.597. The highest BCUT2D eigenvalue weighted by molar-refractivity contribution is 5.70.